The lowest BCUT2D eigenvalue weighted by Gasteiger charge is -2.42. The van der Waals surface area contributed by atoms with Crippen molar-refractivity contribution in [2.75, 3.05) is 274 Å². The van der Waals surface area contributed by atoms with Crippen LogP contribution in [-0.4, -0.2) is 304 Å². The molecule has 1 aromatic carbocycles. The highest BCUT2D eigenvalue weighted by Crippen LogP contribution is 2.32. The molecule has 34 nitrogen and oxygen atoms in total. The van der Waals surface area contributed by atoms with Crippen LogP contribution in [0.3, 0.4) is 0 Å². The molecule has 0 spiro atoms. The van der Waals surface area contributed by atoms with Crippen molar-refractivity contribution in [1.29, 1.82) is 0 Å². The molecule has 4 aliphatic heterocycles. The van der Waals surface area contributed by atoms with Crippen LogP contribution in [0.25, 0.3) is 33.1 Å². The summed E-state index contributed by atoms with van der Waals surface area (Å²) in [5.74, 6) is 4.58. The summed E-state index contributed by atoms with van der Waals surface area (Å²) in [5.41, 5.74) is 49.0. The summed E-state index contributed by atoms with van der Waals surface area (Å²) >= 11 is 0. The standard InChI is InChI=1S/C17H29N6.C16H20N5.C15H25N6.C14H18N5O.C13H19N5O.C13H20N5.6CH3/c1-3-12-23(2)13-10-21(11-14-23)9-7-19-17-16(18)15-6-4-5-8-22(15)20-17;1-21(2,3)13-9-7-12(8-10-13)18-16-15(17)14-6-4-5-11-20(14)19-16;1-21(2)11-9-19(10-12-21)8-6-17-15-14(16)13-5-3-4-7-20(13)18-15;1-17-8-9-18(11-17)6-4-10-20-14-13(15)12-5-2-3-7-19(12)16-14;14-12-11-3-1-2-4-18(11)15-13(12)17-7-5-16(6-8-17)9-10-19;1-18(2)9-7-16(8-10-18)13-12(14)11-5-3-4-6-17(11)15-13;;;;;;/h4-6,8H,3,7,9-14,18H2,1-2H3,(H,19,20);4-11H,17H2,1-3H3,(H,18,19);3-5,7H,6,8-12,16H2,1-2H3,(H,17,18);2-3,5,7-9,11H,4,6,10,15H2,1H3;1-4,19H,5-10,14H2;3-6H,7-10,14H2,1-2H3;6*1H3/q4*+1;;+1;6*-1/p+1. The molecule has 0 unspecified atom stereocenters. The van der Waals surface area contributed by atoms with Crippen LogP contribution < -0.4 is 78.8 Å². The fourth-order valence-corrected chi connectivity index (χ4v) is 15.7. The number of nitrogen functional groups attached to an aromatic ring is 6. The van der Waals surface area contributed by atoms with Crippen molar-refractivity contribution in [2.24, 2.45) is 7.05 Å². The van der Waals surface area contributed by atoms with Crippen LogP contribution in [-0.2, 0) is 13.6 Å². The van der Waals surface area contributed by atoms with Gasteiger partial charge < -0.3 is 133 Å². The molecule has 0 aliphatic carbocycles. The van der Waals surface area contributed by atoms with Gasteiger partial charge in [-0.15, -0.1) is 30.6 Å². The molecule has 698 valence electrons. The summed E-state index contributed by atoms with van der Waals surface area (Å²) in [6, 6.07) is 43.6. The Morgan fingerprint density at radius 1 is 0.453 bits per heavy atom. The number of nitrogens with zero attached hydrogens (tertiary/aromatic N) is 22. The predicted octanol–water partition coefficient (Wildman–Crippen LogP) is 8.22. The highest BCUT2D eigenvalue weighted by Gasteiger charge is 2.31. The summed E-state index contributed by atoms with van der Waals surface area (Å²) in [4.78, 5) is 11.0. The van der Waals surface area contributed by atoms with Crippen LogP contribution in [0.15, 0.2) is 189 Å². The van der Waals surface area contributed by atoms with E-state index in [0.717, 1.165) is 209 Å². The normalized spacial score (nSPS) is 15.3. The van der Waals surface area contributed by atoms with Gasteiger partial charge in [-0.05, 0) is 91.3 Å². The van der Waals surface area contributed by atoms with Crippen LogP contribution in [0.2, 0.25) is 0 Å². The fourth-order valence-electron chi connectivity index (χ4n) is 15.7. The number of ether oxygens (including phenoxy) is 1. The third kappa shape index (κ3) is 26.3. The molecule has 17 heterocycles. The van der Waals surface area contributed by atoms with Crippen molar-refractivity contribution < 1.29 is 32.8 Å². The first kappa shape index (κ1) is 103. The number of aromatic nitrogens is 14. The monoisotopic (exact) mass is 1760 g/mol. The Kier molecular flexibility index (Phi) is 37.4. The summed E-state index contributed by atoms with van der Waals surface area (Å²) in [5, 5.41) is 45.9. The number of rotatable bonds is 22. The number of hydrogen-bond donors (Lipinski definition) is 11. The van der Waals surface area contributed by atoms with Gasteiger partial charge in [-0.2, -0.15) is 0 Å². The lowest BCUT2D eigenvalue weighted by atomic mass is 10.2. The van der Waals surface area contributed by atoms with E-state index in [1.165, 1.54) is 67.3 Å². The number of anilines is 12. The first-order chi connectivity index (χ1) is 58.7. The van der Waals surface area contributed by atoms with E-state index in [2.05, 4.69) is 146 Å². The van der Waals surface area contributed by atoms with Crippen LogP contribution in [0.4, 0.5) is 74.6 Å². The number of aliphatic hydroxyl groups is 1. The molecule has 4 fully saturated rings. The molecule has 0 radical (unpaired) electrons. The van der Waals surface area contributed by atoms with E-state index in [9.17, 15) is 0 Å². The van der Waals surface area contributed by atoms with Gasteiger partial charge in [0.15, 0.2) is 29.1 Å². The van der Waals surface area contributed by atoms with Gasteiger partial charge in [-0.25, -0.2) is 36.2 Å². The highest BCUT2D eigenvalue weighted by molar-refractivity contribution is 5.85. The Bertz CT molecular complexity index is 5630. The number of fused-ring (bicyclic) bond motifs is 6. The number of hydrogen-bond acceptors (Lipinski definition) is 21. The SMILES string of the molecule is CCC[N+]1(C)CCN(CCNc2nn3ccccc3c2N)CC1.C[N+](C)(C)c1ccc(Nc2nn3ccccc3c2N)cc1.C[N+]1(C)CCN(CCNc2nn3ccccc3c2N)CC1.C[N+]1(C)CCN(c2nn3ccccc3c2N)CC1.C[n+]1ccn(CCCOc2nn3ccccc3c2N)c1.Nc1c(N2CC[NH+](CCO)CC2)nn2ccccc12.[CH3-].[CH3-].[CH3-].[CH3-].[CH3-].[CH3-]. The number of imidazole rings is 1. The summed E-state index contributed by atoms with van der Waals surface area (Å²) < 4.78 is 24.9. The quantitative estimate of drug-likeness (QED) is 0.0132. The molecule has 4 saturated heterocycles. The maximum absolute atomic E-state index is 8.97. The minimum Gasteiger partial charge on any atom is -0.475 e. The molecule has 13 aromatic heterocycles. The molecular formula is C94H150N32O2. The lowest BCUT2D eigenvalue weighted by Crippen LogP contribution is -3.15. The summed E-state index contributed by atoms with van der Waals surface area (Å²) in [7, 11) is 19.9. The number of benzene rings is 1. The van der Waals surface area contributed by atoms with Gasteiger partial charge in [-0.1, -0.05) is 43.3 Å². The minimum atomic E-state index is 0. The number of piperazine rings is 4. The van der Waals surface area contributed by atoms with Crippen LogP contribution in [0.1, 0.15) is 19.8 Å². The van der Waals surface area contributed by atoms with Crippen molar-refractivity contribution in [1.82, 2.24) is 76.5 Å². The zero-order valence-electron chi connectivity index (χ0n) is 79.1. The van der Waals surface area contributed by atoms with Crippen molar-refractivity contribution in [2.45, 2.75) is 26.3 Å². The lowest BCUT2D eigenvalue weighted by molar-refractivity contribution is -0.913. The maximum atomic E-state index is 8.97. The van der Waals surface area contributed by atoms with E-state index in [1.807, 2.05) is 207 Å². The number of nitrogens with one attached hydrogen (secondary N) is 4. The van der Waals surface area contributed by atoms with Crippen molar-refractivity contribution >= 4 is 108 Å². The Balaban J connectivity index is 0.000000209. The molecule has 0 atom stereocenters. The average Bonchev–Trinajstić information content (AvgIpc) is 1.64. The number of nitrogens with two attached hydrogens (primary N) is 6. The van der Waals surface area contributed by atoms with Crippen LogP contribution in [0, 0.1) is 44.6 Å². The van der Waals surface area contributed by atoms with E-state index >= 15 is 0 Å². The topological polar surface area (TPSA) is 352 Å². The van der Waals surface area contributed by atoms with E-state index in [4.69, 9.17) is 44.2 Å². The van der Waals surface area contributed by atoms with E-state index in [-0.39, 0.29) is 51.2 Å². The smallest absolute Gasteiger partial charge is 0.257 e. The zero-order valence-corrected chi connectivity index (χ0v) is 79.1. The van der Waals surface area contributed by atoms with Crippen LogP contribution in [0.5, 0.6) is 5.88 Å². The number of aliphatic hydroxyl groups excluding tert-OH is 1. The first-order valence-corrected chi connectivity index (χ1v) is 42.8. The predicted molar refractivity (Wildman–Crippen MR) is 533 cm³/mol. The molecule has 128 heavy (non-hydrogen) atoms. The first-order valence-electron chi connectivity index (χ1n) is 42.8. The van der Waals surface area contributed by atoms with Crippen LogP contribution >= 0.6 is 0 Å². The summed E-state index contributed by atoms with van der Waals surface area (Å²) in [6.07, 6.45) is 19.7. The van der Waals surface area contributed by atoms with Gasteiger partial charge in [-0.3, -0.25) is 14.3 Å². The minimum absolute atomic E-state index is 0. The van der Waals surface area contributed by atoms with Crippen molar-refractivity contribution in [3.63, 3.8) is 0 Å². The van der Waals surface area contributed by atoms with Gasteiger partial charge >= 0.3 is 0 Å². The second kappa shape index (κ2) is 46.5. The third-order valence-corrected chi connectivity index (χ3v) is 23.6. The van der Waals surface area contributed by atoms with Crippen molar-refractivity contribution in [3.8, 4) is 5.88 Å². The Morgan fingerprint density at radius 3 is 1.23 bits per heavy atom. The molecule has 0 bridgehead atoms. The van der Waals surface area contributed by atoms with Gasteiger partial charge in [0.2, 0.25) is 6.33 Å². The molecule has 0 saturated carbocycles. The Morgan fingerprint density at radius 2 is 0.836 bits per heavy atom. The molecule has 18 rings (SSSR count). The van der Waals surface area contributed by atoms with Gasteiger partial charge in [0, 0.05) is 114 Å². The largest absolute Gasteiger partial charge is 0.475 e. The van der Waals surface area contributed by atoms with E-state index in [1.54, 1.807) is 9.03 Å². The number of pyridine rings is 6. The molecule has 4 aliphatic rings. The number of aryl methyl sites for hydroxylation is 2. The Hall–Kier alpha value is -12.2. The number of likely N-dealkylation sites (N-methyl/N-ethyl adjacent to an activating group) is 3. The molecule has 14 aromatic rings. The van der Waals surface area contributed by atoms with Crippen molar-refractivity contribution in [3.05, 3.63) is 234 Å². The fraction of sp³-hybridized carbons (Fsp3) is 0.394. The second-order valence-electron chi connectivity index (χ2n) is 34.7. The van der Waals surface area contributed by atoms with Gasteiger partial charge in [0.25, 0.3) is 5.88 Å². The third-order valence-electron chi connectivity index (χ3n) is 23.6. The maximum Gasteiger partial charge on any atom is 0.257 e. The van der Waals surface area contributed by atoms with Gasteiger partial charge in [0.05, 0.1) is 201 Å². The highest BCUT2D eigenvalue weighted by atomic mass is 16.5. The zero-order chi connectivity index (χ0) is 86.1. The van der Waals surface area contributed by atoms with E-state index < -0.39 is 0 Å². The molecule has 0 amide bonds. The van der Waals surface area contributed by atoms with Gasteiger partial charge in [0.1, 0.15) is 58.8 Å². The molecule has 34 heteroatoms. The second-order valence-corrected chi connectivity index (χ2v) is 34.7. The molecule has 17 N–H and O–H groups in total. The molecular weight excluding hydrogens is 1610 g/mol. The van der Waals surface area contributed by atoms with E-state index in [0.29, 0.717) is 29.7 Å². The Labute approximate surface area is 760 Å². The number of quaternary nitrogens is 5. The average molecular weight is 1760 g/mol. The summed E-state index contributed by atoms with van der Waals surface area (Å²) in [6.45, 7) is 27.8.